The van der Waals surface area contributed by atoms with Crippen LogP contribution in [0.4, 0.5) is 8.78 Å². The summed E-state index contributed by atoms with van der Waals surface area (Å²) in [7, 11) is -3.88. The molecule has 0 aliphatic carbocycles. The zero-order valence-corrected chi connectivity index (χ0v) is 13.1. The van der Waals surface area contributed by atoms with Crippen LogP contribution in [-0.4, -0.2) is 25.5 Å². The van der Waals surface area contributed by atoms with Crippen LogP contribution in [0.15, 0.2) is 24.3 Å². The average molecular weight is 335 g/mol. The smallest absolute Gasteiger partial charge is 0.321 e. The number of aliphatic carboxylic acids is 1. The van der Waals surface area contributed by atoms with Gasteiger partial charge in [0.1, 0.15) is 6.04 Å². The Morgan fingerprint density at radius 1 is 1.23 bits per heavy atom. The Morgan fingerprint density at radius 3 is 2.18 bits per heavy atom. The Hall–Kier alpha value is -1.54. The zero-order chi connectivity index (χ0) is 16.9. The molecule has 1 aromatic carbocycles. The normalized spacial score (nSPS) is 13.5. The van der Waals surface area contributed by atoms with Gasteiger partial charge in [-0.25, -0.2) is 21.9 Å². The van der Waals surface area contributed by atoms with E-state index in [4.69, 9.17) is 5.11 Å². The van der Waals surface area contributed by atoms with Crippen molar-refractivity contribution in [2.75, 3.05) is 0 Å². The van der Waals surface area contributed by atoms with Crippen molar-refractivity contribution in [3.8, 4) is 0 Å². The quantitative estimate of drug-likeness (QED) is 0.765. The molecule has 2 N–H and O–H groups in total. The Bertz CT molecular complexity index is 600. The van der Waals surface area contributed by atoms with Crippen molar-refractivity contribution < 1.29 is 27.1 Å². The molecule has 0 saturated heterocycles. The summed E-state index contributed by atoms with van der Waals surface area (Å²) in [4.78, 5) is 11.1. The van der Waals surface area contributed by atoms with Crippen LogP contribution in [-0.2, 0) is 20.6 Å². The zero-order valence-electron chi connectivity index (χ0n) is 12.3. The molecule has 5 nitrogen and oxygen atoms in total. The van der Waals surface area contributed by atoms with Gasteiger partial charge in [0.05, 0.1) is 5.75 Å². The fourth-order valence-electron chi connectivity index (χ4n) is 1.91. The van der Waals surface area contributed by atoms with Gasteiger partial charge in [-0.1, -0.05) is 38.1 Å². The molecule has 22 heavy (non-hydrogen) atoms. The lowest BCUT2D eigenvalue weighted by Gasteiger charge is -2.16. The van der Waals surface area contributed by atoms with Crippen LogP contribution in [0.1, 0.15) is 37.8 Å². The van der Waals surface area contributed by atoms with Crippen LogP contribution in [0, 0.1) is 5.92 Å². The van der Waals surface area contributed by atoms with Gasteiger partial charge < -0.3 is 5.11 Å². The molecule has 0 radical (unpaired) electrons. The highest BCUT2D eigenvalue weighted by atomic mass is 32.2. The first kappa shape index (κ1) is 18.5. The van der Waals surface area contributed by atoms with E-state index in [9.17, 15) is 22.0 Å². The number of sulfonamides is 1. The maximum atomic E-state index is 12.4. The predicted octanol–water partition coefficient (Wildman–Crippen LogP) is 2.54. The van der Waals surface area contributed by atoms with Crippen molar-refractivity contribution in [2.45, 2.75) is 38.5 Å². The van der Waals surface area contributed by atoms with Gasteiger partial charge in [-0.05, 0) is 17.9 Å². The highest BCUT2D eigenvalue weighted by molar-refractivity contribution is 7.88. The molecule has 0 aliphatic heterocycles. The van der Waals surface area contributed by atoms with Crippen LogP contribution >= 0.6 is 0 Å². The second-order valence-corrected chi connectivity index (χ2v) is 7.19. The van der Waals surface area contributed by atoms with Crippen molar-refractivity contribution in [1.82, 2.24) is 4.72 Å². The number of hydrogen-bond donors (Lipinski definition) is 2. The molecule has 0 spiro atoms. The van der Waals surface area contributed by atoms with Gasteiger partial charge in [0.15, 0.2) is 0 Å². The molecule has 0 heterocycles. The second kappa shape index (κ2) is 7.64. The minimum Gasteiger partial charge on any atom is -0.480 e. The summed E-state index contributed by atoms with van der Waals surface area (Å²) in [5, 5.41) is 9.04. The number of carbonyl (C=O) groups is 1. The summed E-state index contributed by atoms with van der Waals surface area (Å²) in [6.07, 6.45) is -2.45. The molecule has 0 aromatic heterocycles. The monoisotopic (exact) mass is 335 g/mol. The molecule has 0 amide bonds. The lowest BCUT2D eigenvalue weighted by Crippen LogP contribution is -2.42. The van der Waals surface area contributed by atoms with Crippen molar-refractivity contribution >= 4 is 16.0 Å². The molecule has 0 fully saturated rings. The van der Waals surface area contributed by atoms with E-state index in [2.05, 4.69) is 4.72 Å². The van der Waals surface area contributed by atoms with Gasteiger partial charge in [0, 0.05) is 5.56 Å². The van der Waals surface area contributed by atoms with Gasteiger partial charge in [-0.15, -0.1) is 0 Å². The molecule has 1 atom stereocenters. The number of carboxylic acid groups (broad SMARTS) is 1. The average Bonchev–Trinajstić information content (AvgIpc) is 2.37. The summed E-state index contributed by atoms with van der Waals surface area (Å²) in [5.41, 5.74) is 0.114. The van der Waals surface area contributed by atoms with E-state index < -0.39 is 34.2 Å². The van der Waals surface area contributed by atoms with E-state index in [0.717, 1.165) is 12.1 Å². The van der Waals surface area contributed by atoms with Crippen molar-refractivity contribution in [3.63, 3.8) is 0 Å². The van der Waals surface area contributed by atoms with Crippen LogP contribution in [0.25, 0.3) is 0 Å². The number of hydrogen-bond acceptors (Lipinski definition) is 3. The third-order valence-corrected chi connectivity index (χ3v) is 4.27. The molecule has 0 unspecified atom stereocenters. The van der Waals surface area contributed by atoms with Gasteiger partial charge >= 0.3 is 5.97 Å². The van der Waals surface area contributed by atoms with E-state index >= 15 is 0 Å². The minimum atomic E-state index is -3.88. The number of nitrogens with one attached hydrogen (secondary N) is 1. The van der Waals surface area contributed by atoms with E-state index in [1.54, 1.807) is 13.8 Å². The van der Waals surface area contributed by atoms with E-state index in [1.807, 2.05) is 0 Å². The van der Waals surface area contributed by atoms with E-state index in [0.29, 0.717) is 5.56 Å². The van der Waals surface area contributed by atoms with Gasteiger partial charge in [-0.3, -0.25) is 4.79 Å². The molecular formula is C14H19F2NO4S. The molecule has 124 valence electrons. The highest BCUT2D eigenvalue weighted by Gasteiger charge is 2.25. The molecule has 1 aromatic rings. The molecular weight excluding hydrogens is 316 g/mol. The minimum absolute atomic E-state index is 0.00845. The molecule has 0 saturated carbocycles. The first-order chi connectivity index (χ1) is 10.1. The van der Waals surface area contributed by atoms with Crippen molar-refractivity contribution in [2.24, 2.45) is 5.92 Å². The Labute approximate surface area is 128 Å². The van der Waals surface area contributed by atoms with Gasteiger partial charge in [0.2, 0.25) is 10.0 Å². The van der Waals surface area contributed by atoms with Gasteiger partial charge in [-0.2, -0.15) is 0 Å². The maximum absolute atomic E-state index is 12.4. The van der Waals surface area contributed by atoms with Crippen molar-refractivity contribution in [1.29, 1.82) is 0 Å². The van der Waals surface area contributed by atoms with Crippen molar-refractivity contribution in [3.05, 3.63) is 35.4 Å². The van der Waals surface area contributed by atoms with E-state index in [-0.39, 0.29) is 17.9 Å². The highest BCUT2D eigenvalue weighted by Crippen LogP contribution is 2.19. The predicted molar refractivity (Wildman–Crippen MR) is 78.0 cm³/mol. The topological polar surface area (TPSA) is 83.5 Å². The number of alkyl halides is 2. The largest absolute Gasteiger partial charge is 0.480 e. The van der Waals surface area contributed by atoms with Crippen LogP contribution in [0.5, 0.6) is 0 Å². The fourth-order valence-corrected chi connectivity index (χ4v) is 3.25. The number of benzene rings is 1. The SMILES string of the molecule is CC(C)C[C@H](NS(=O)(=O)Cc1ccc(C(F)F)cc1)C(=O)O. The summed E-state index contributed by atoms with van der Waals surface area (Å²) >= 11 is 0. The number of rotatable bonds is 8. The third-order valence-electron chi connectivity index (χ3n) is 2.92. The first-order valence-electron chi connectivity index (χ1n) is 6.70. The second-order valence-electron chi connectivity index (χ2n) is 5.44. The summed E-state index contributed by atoms with van der Waals surface area (Å²) in [6, 6.07) is 3.68. The lowest BCUT2D eigenvalue weighted by atomic mass is 10.1. The summed E-state index contributed by atoms with van der Waals surface area (Å²) in [6.45, 7) is 3.57. The Kier molecular flexibility index (Phi) is 6.43. The van der Waals surface area contributed by atoms with Gasteiger partial charge in [0.25, 0.3) is 6.43 Å². The Balaban J connectivity index is 2.79. The van der Waals surface area contributed by atoms with Crippen LogP contribution < -0.4 is 4.72 Å². The first-order valence-corrected chi connectivity index (χ1v) is 8.35. The Morgan fingerprint density at radius 2 is 1.77 bits per heavy atom. The van der Waals surface area contributed by atoms with E-state index in [1.165, 1.54) is 12.1 Å². The standard InChI is InChI=1S/C14H19F2NO4S/c1-9(2)7-12(14(18)19)17-22(20,21)8-10-3-5-11(6-4-10)13(15)16/h3-6,9,12-13,17H,7-8H2,1-2H3,(H,18,19)/t12-/m0/s1. The molecule has 0 aliphatic rings. The van der Waals surface area contributed by atoms with Crippen LogP contribution in [0.3, 0.4) is 0 Å². The van der Waals surface area contributed by atoms with Crippen LogP contribution in [0.2, 0.25) is 0 Å². The molecule has 1 rings (SSSR count). The molecule has 8 heteroatoms. The summed E-state index contributed by atoms with van der Waals surface area (Å²) < 4.78 is 51.0. The fraction of sp³-hybridized carbons (Fsp3) is 0.500. The summed E-state index contributed by atoms with van der Waals surface area (Å²) in [5.74, 6) is -1.70. The maximum Gasteiger partial charge on any atom is 0.321 e. The number of carboxylic acids is 1. The molecule has 0 bridgehead atoms. The lowest BCUT2D eigenvalue weighted by molar-refractivity contribution is -0.139. The number of halogens is 2. The third kappa shape index (κ3) is 6.07.